The Morgan fingerprint density at radius 2 is 1.75 bits per heavy atom. The minimum Gasteiger partial charge on any atom is -0.339 e. The highest BCUT2D eigenvalue weighted by atomic mass is 16.2. The normalized spacial score (nSPS) is 18.1. The number of carbonyl (C=O) groups excluding carboxylic acids is 1. The van der Waals surface area contributed by atoms with E-state index in [9.17, 15) is 4.79 Å². The van der Waals surface area contributed by atoms with Gasteiger partial charge in [0.15, 0.2) is 0 Å². The molecule has 5 heteroatoms. The molecule has 0 saturated carbocycles. The van der Waals surface area contributed by atoms with E-state index in [1.165, 1.54) is 0 Å². The van der Waals surface area contributed by atoms with Crippen LogP contribution in [0.4, 0.5) is 0 Å². The van der Waals surface area contributed by atoms with Crippen molar-refractivity contribution in [3.8, 4) is 0 Å². The van der Waals surface area contributed by atoms with E-state index in [1.54, 1.807) is 0 Å². The summed E-state index contributed by atoms with van der Waals surface area (Å²) in [6.07, 6.45) is 0. The van der Waals surface area contributed by atoms with Gasteiger partial charge in [-0.25, -0.2) is 0 Å². The third-order valence-electron chi connectivity index (χ3n) is 3.77. The lowest BCUT2D eigenvalue weighted by molar-refractivity contribution is -0.137. The zero-order valence-corrected chi connectivity index (χ0v) is 13.9. The quantitative estimate of drug-likeness (QED) is 0.731. The van der Waals surface area contributed by atoms with E-state index in [4.69, 9.17) is 0 Å². The van der Waals surface area contributed by atoms with Gasteiger partial charge in [-0.2, -0.15) is 0 Å². The summed E-state index contributed by atoms with van der Waals surface area (Å²) in [5.74, 6) is 0.862. The molecule has 1 N–H and O–H groups in total. The topological polar surface area (TPSA) is 38.8 Å². The molecule has 1 aliphatic rings. The molecule has 0 spiro atoms. The van der Waals surface area contributed by atoms with E-state index in [0.29, 0.717) is 5.92 Å². The summed E-state index contributed by atoms with van der Waals surface area (Å²) in [6.45, 7) is 12.9. The van der Waals surface area contributed by atoms with Gasteiger partial charge in [-0.15, -0.1) is 0 Å². The first-order chi connectivity index (χ1) is 9.41. The molecule has 1 aliphatic heterocycles. The van der Waals surface area contributed by atoms with Crippen molar-refractivity contribution in [3.63, 3.8) is 0 Å². The lowest BCUT2D eigenvalue weighted by Gasteiger charge is -2.36. The Labute approximate surface area is 124 Å². The number of likely N-dealkylation sites (N-methyl/N-ethyl adjacent to an activating group) is 1. The Morgan fingerprint density at radius 3 is 2.25 bits per heavy atom. The van der Waals surface area contributed by atoms with Crippen molar-refractivity contribution >= 4 is 5.91 Å². The molecule has 1 unspecified atom stereocenters. The van der Waals surface area contributed by atoms with Gasteiger partial charge in [-0.05, 0) is 26.9 Å². The maximum atomic E-state index is 12.6. The van der Waals surface area contributed by atoms with Gasteiger partial charge in [0.25, 0.3) is 0 Å². The molecule has 0 bridgehead atoms. The molecule has 0 aliphatic carbocycles. The van der Waals surface area contributed by atoms with Crippen LogP contribution in [0.3, 0.4) is 0 Å². The maximum Gasteiger partial charge on any atom is 0.239 e. The van der Waals surface area contributed by atoms with Crippen molar-refractivity contribution in [1.29, 1.82) is 0 Å². The summed E-state index contributed by atoms with van der Waals surface area (Å²) in [5.41, 5.74) is 0. The Kier molecular flexibility index (Phi) is 7.48. The van der Waals surface area contributed by atoms with Gasteiger partial charge >= 0.3 is 0 Å². The zero-order valence-electron chi connectivity index (χ0n) is 13.9. The third kappa shape index (κ3) is 5.77. The highest BCUT2D eigenvalue weighted by molar-refractivity contribution is 5.81. The predicted molar refractivity (Wildman–Crippen MR) is 83.9 cm³/mol. The molecule has 1 amide bonds. The number of piperazine rings is 1. The summed E-state index contributed by atoms with van der Waals surface area (Å²) in [4.78, 5) is 19.1. The largest absolute Gasteiger partial charge is 0.339 e. The van der Waals surface area contributed by atoms with Crippen LogP contribution in [0.1, 0.15) is 20.8 Å². The summed E-state index contributed by atoms with van der Waals surface area (Å²) in [6, 6.07) is -0.0181. The maximum absolute atomic E-state index is 12.6. The Morgan fingerprint density at radius 1 is 1.15 bits per heavy atom. The Balaban J connectivity index is 2.59. The molecule has 0 aromatic carbocycles. The number of hydrogen-bond donors (Lipinski definition) is 1. The average Bonchev–Trinajstić information content (AvgIpc) is 2.42. The molecule has 0 aromatic rings. The van der Waals surface area contributed by atoms with Crippen LogP contribution in [0.25, 0.3) is 0 Å². The van der Waals surface area contributed by atoms with Crippen LogP contribution in [0, 0.1) is 5.92 Å². The smallest absolute Gasteiger partial charge is 0.239 e. The molecule has 1 rings (SSSR count). The SMILES string of the molecule is CC(C)CN(CCN(C)C)C(C)C(=O)N1CCNCC1. The average molecular weight is 284 g/mol. The minimum absolute atomic E-state index is 0.0181. The fourth-order valence-corrected chi connectivity index (χ4v) is 2.55. The molecule has 0 radical (unpaired) electrons. The van der Waals surface area contributed by atoms with Crippen LogP contribution in [0.5, 0.6) is 0 Å². The van der Waals surface area contributed by atoms with Gasteiger partial charge in [0, 0.05) is 45.8 Å². The van der Waals surface area contributed by atoms with E-state index in [0.717, 1.165) is 45.8 Å². The van der Waals surface area contributed by atoms with E-state index in [-0.39, 0.29) is 11.9 Å². The molecule has 1 fully saturated rings. The molecule has 1 saturated heterocycles. The fourth-order valence-electron chi connectivity index (χ4n) is 2.55. The van der Waals surface area contributed by atoms with Gasteiger partial charge in [0.2, 0.25) is 5.91 Å². The van der Waals surface area contributed by atoms with Gasteiger partial charge < -0.3 is 15.1 Å². The first kappa shape index (κ1) is 17.4. The molecular formula is C15H32N4O. The summed E-state index contributed by atoms with van der Waals surface area (Å²) in [7, 11) is 4.16. The van der Waals surface area contributed by atoms with Gasteiger partial charge in [-0.3, -0.25) is 9.69 Å². The number of carbonyl (C=O) groups is 1. The number of hydrogen-bond acceptors (Lipinski definition) is 4. The number of nitrogens with zero attached hydrogens (tertiary/aromatic N) is 3. The van der Waals surface area contributed by atoms with Crippen molar-refractivity contribution < 1.29 is 4.79 Å². The summed E-state index contributed by atoms with van der Waals surface area (Å²) < 4.78 is 0. The second-order valence-electron chi connectivity index (χ2n) is 6.44. The van der Waals surface area contributed by atoms with Crippen molar-refractivity contribution in [2.75, 3.05) is 59.9 Å². The van der Waals surface area contributed by atoms with Crippen LogP contribution in [-0.2, 0) is 4.79 Å². The highest BCUT2D eigenvalue weighted by Crippen LogP contribution is 2.09. The minimum atomic E-state index is -0.0181. The number of nitrogens with one attached hydrogen (secondary N) is 1. The molecule has 118 valence electrons. The van der Waals surface area contributed by atoms with Gasteiger partial charge in [0.1, 0.15) is 0 Å². The van der Waals surface area contributed by atoms with Crippen molar-refractivity contribution in [3.05, 3.63) is 0 Å². The van der Waals surface area contributed by atoms with Crippen LogP contribution >= 0.6 is 0 Å². The van der Waals surface area contributed by atoms with Crippen LogP contribution in [0.15, 0.2) is 0 Å². The lowest BCUT2D eigenvalue weighted by Crippen LogP contribution is -2.54. The van der Waals surface area contributed by atoms with Crippen molar-refractivity contribution in [2.24, 2.45) is 5.92 Å². The summed E-state index contributed by atoms with van der Waals surface area (Å²) in [5, 5.41) is 3.30. The van der Waals surface area contributed by atoms with E-state index < -0.39 is 0 Å². The van der Waals surface area contributed by atoms with Crippen LogP contribution < -0.4 is 5.32 Å². The molecular weight excluding hydrogens is 252 g/mol. The first-order valence-corrected chi connectivity index (χ1v) is 7.80. The van der Waals surface area contributed by atoms with Crippen molar-refractivity contribution in [2.45, 2.75) is 26.8 Å². The fraction of sp³-hybridized carbons (Fsp3) is 0.933. The first-order valence-electron chi connectivity index (χ1n) is 7.80. The zero-order chi connectivity index (χ0) is 15.1. The summed E-state index contributed by atoms with van der Waals surface area (Å²) >= 11 is 0. The second-order valence-corrected chi connectivity index (χ2v) is 6.44. The van der Waals surface area contributed by atoms with Gasteiger partial charge in [0.05, 0.1) is 6.04 Å². The standard InChI is InChI=1S/C15H32N4O/c1-13(2)12-19(11-10-17(4)5)14(3)15(20)18-8-6-16-7-9-18/h13-14,16H,6-12H2,1-5H3. The molecule has 0 aromatic heterocycles. The number of amides is 1. The predicted octanol–water partition coefficient (Wildman–Crippen LogP) is 0.326. The molecule has 5 nitrogen and oxygen atoms in total. The Hall–Kier alpha value is -0.650. The van der Waals surface area contributed by atoms with E-state index in [2.05, 4.69) is 50.0 Å². The Bertz CT molecular complexity index is 288. The van der Waals surface area contributed by atoms with Gasteiger partial charge in [-0.1, -0.05) is 13.8 Å². The van der Waals surface area contributed by atoms with Crippen molar-refractivity contribution in [1.82, 2.24) is 20.0 Å². The lowest BCUT2D eigenvalue weighted by atomic mass is 10.1. The van der Waals surface area contributed by atoms with E-state index in [1.807, 2.05) is 4.90 Å². The molecule has 20 heavy (non-hydrogen) atoms. The monoisotopic (exact) mass is 284 g/mol. The second kappa shape index (κ2) is 8.60. The van der Waals surface area contributed by atoms with E-state index >= 15 is 0 Å². The van der Waals surface area contributed by atoms with Crippen LogP contribution in [0.2, 0.25) is 0 Å². The number of rotatable bonds is 7. The molecule has 1 heterocycles. The molecule has 1 atom stereocenters. The van der Waals surface area contributed by atoms with Crippen LogP contribution in [-0.4, -0.2) is 86.6 Å². The third-order valence-corrected chi connectivity index (χ3v) is 3.77. The highest BCUT2D eigenvalue weighted by Gasteiger charge is 2.27.